The molecule has 3 aromatic heterocycles. The van der Waals surface area contributed by atoms with E-state index in [4.69, 9.17) is 5.11 Å². The number of ether oxygens (including phenoxy) is 1. The van der Waals surface area contributed by atoms with Crippen molar-refractivity contribution >= 4 is 23.3 Å². The number of hydrogen-bond donors (Lipinski definition) is 3. The van der Waals surface area contributed by atoms with Crippen LogP contribution in [0.25, 0.3) is 16.9 Å². The SMILES string of the molecule is Cc1ncc(-c2ccc3nc(NC(=O)CO)cn3n2)cc1C(=O)NCc1cc(OC(F)(F)F)ccc1F. The van der Waals surface area contributed by atoms with Crippen molar-refractivity contribution in [1.29, 1.82) is 0 Å². The van der Waals surface area contributed by atoms with E-state index in [1.165, 1.54) is 23.0 Å². The number of aromatic nitrogens is 4. The summed E-state index contributed by atoms with van der Waals surface area (Å²) in [6.07, 6.45) is -2.01. The summed E-state index contributed by atoms with van der Waals surface area (Å²) in [6, 6.07) is 7.25. The number of aryl methyl sites for hydroxylation is 1. The van der Waals surface area contributed by atoms with Gasteiger partial charge in [-0.25, -0.2) is 13.9 Å². The first-order valence-corrected chi connectivity index (χ1v) is 10.6. The minimum absolute atomic E-state index is 0.143. The van der Waals surface area contributed by atoms with Gasteiger partial charge >= 0.3 is 6.36 Å². The quantitative estimate of drug-likeness (QED) is 0.321. The van der Waals surface area contributed by atoms with Crippen LogP contribution in [0.5, 0.6) is 5.75 Å². The van der Waals surface area contributed by atoms with E-state index in [1.54, 1.807) is 19.1 Å². The molecule has 0 unspecified atom stereocenters. The van der Waals surface area contributed by atoms with Crippen molar-refractivity contribution in [2.24, 2.45) is 0 Å². The standard InChI is InChI=1S/C23H18F4N6O4/c1-12-16(22(36)29-8-13-6-15(2-3-17(13)24)37-23(25,26)27)7-14(9-28-12)18-4-5-20-30-19(10-33(20)32-18)31-21(35)11-34/h2-7,9-10,34H,8,11H2,1H3,(H,29,36)(H,31,35). The summed E-state index contributed by atoms with van der Waals surface area (Å²) < 4.78 is 56.6. The molecule has 3 heterocycles. The van der Waals surface area contributed by atoms with E-state index in [-0.39, 0.29) is 16.9 Å². The molecule has 37 heavy (non-hydrogen) atoms. The Morgan fingerprint density at radius 1 is 1.16 bits per heavy atom. The highest BCUT2D eigenvalue weighted by Crippen LogP contribution is 2.25. The monoisotopic (exact) mass is 518 g/mol. The van der Waals surface area contributed by atoms with E-state index in [0.717, 1.165) is 18.2 Å². The smallest absolute Gasteiger partial charge is 0.406 e. The van der Waals surface area contributed by atoms with Gasteiger partial charge in [-0.2, -0.15) is 5.10 Å². The molecule has 4 rings (SSSR count). The number of pyridine rings is 1. The van der Waals surface area contributed by atoms with Crippen LogP contribution in [0.4, 0.5) is 23.4 Å². The molecule has 2 amide bonds. The summed E-state index contributed by atoms with van der Waals surface area (Å²) in [7, 11) is 0. The van der Waals surface area contributed by atoms with Crippen LogP contribution in [0, 0.1) is 12.7 Å². The fraction of sp³-hybridized carbons (Fsp3) is 0.174. The van der Waals surface area contributed by atoms with E-state index in [0.29, 0.717) is 22.6 Å². The van der Waals surface area contributed by atoms with Gasteiger partial charge in [0.1, 0.15) is 18.2 Å². The van der Waals surface area contributed by atoms with E-state index < -0.39 is 42.9 Å². The van der Waals surface area contributed by atoms with Gasteiger partial charge < -0.3 is 20.5 Å². The molecule has 0 spiro atoms. The van der Waals surface area contributed by atoms with Gasteiger partial charge in [-0.05, 0) is 43.3 Å². The molecule has 4 aromatic rings. The number of imidazole rings is 1. The molecular weight excluding hydrogens is 500 g/mol. The van der Waals surface area contributed by atoms with Gasteiger partial charge in [-0.1, -0.05) is 0 Å². The predicted octanol–water partition coefficient (Wildman–Crippen LogP) is 3.00. The lowest BCUT2D eigenvalue weighted by Crippen LogP contribution is -2.25. The van der Waals surface area contributed by atoms with Gasteiger partial charge in [-0.15, -0.1) is 13.2 Å². The lowest BCUT2D eigenvalue weighted by molar-refractivity contribution is -0.274. The average molecular weight is 518 g/mol. The third-order valence-corrected chi connectivity index (χ3v) is 5.05. The van der Waals surface area contributed by atoms with Crippen LogP contribution >= 0.6 is 0 Å². The zero-order valence-corrected chi connectivity index (χ0v) is 19.0. The molecule has 0 aliphatic rings. The first-order valence-electron chi connectivity index (χ1n) is 10.6. The van der Waals surface area contributed by atoms with Crippen molar-refractivity contribution in [3.05, 3.63) is 71.4 Å². The molecule has 0 bridgehead atoms. The normalized spacial score (nSPS) is 11.4. The molecule has 0 atom stereocenters. The minimum atomic E-state index is -4.94. The summed E-state index contributed by atoms with van der Waals surface area (Å²) in [5, 5.41) is 18.1. The summed E-state index contributed by atoms with van der Waals surface area (Å²) in [4.78, 5) is 32.5. The van der Waals surface area contributed by atoms with Gasteiger partial charge in [0, 0.05) is 23.9 Å². The summed E-state index contributed by atoms with van der Waals surface area (Å²) in [5.41, 5.74) is 1.58. The molecule has 0 fully saturated rings. The summed E-state index contributed by atoms with van der Waals surface area (Å²) in [5.74, 6) is -2.51. The van der Waals surface area contributed by atoms with Gasteiger partial charge in [0.15, 0.2) is 11.5 Å². The maximum Gasteiger partial charge on any atom is 0.573 e. The van der Waals surface area contributed by atoms with Crippen molar-refractivity contribution in [2.75, 3.05) is 11.9 Å². The van der Waals surface area contributed by atoms with Crippen LogP contribution in [0.2, 0.25) is 0 Å². The maximum absolute atomic E-state index is 14.1. The molecule has 192 valence electrons. The van der Waals surface area contributed by atoms with Crippen molar-refractivity contribution in [3.63, 3.8) is 0 Å². The number of halogens is 4. The Balaban J connectivity index is 1.53. The van der Waals surface area contributed by atoms with E-state index in [9.17, 15) is 27.2 Å². The number of carbonyl (C=O) groups excluding carboxylic acids is 2. The second-order valence-corrected chi connectivity index (χ2v) is 7.69. The molecule has 10 nitrogen and oxygen atoms in total. The number of rotatable bonds is 7. The molecule has 0 saturated carbocycles. The number of nitrogens with one attached hydrogen (secondary N) is 2. The number of fused-ring (bicyclic) bond motifs is 1. The lowest BCUT2D eigenvalue weighted by atomic mass is 10.1. The number of anilines is 1. The number of nitrogens with zero attached hydrogens (tertiary/aromatic N) is 4. The van der Waals surface area contributed by atoms with Crippen molar-refractivity contribution in [1.82, 2.24) is 24.9 Å². The second-order valence-electron chi connectivity index (χ2n) is 7.69. The van der Waals surface area contributed by atoms with E-state index in [2.05, 4.69) is 30.4 Å². The zero-order chi connectivity index (χ0) is 26.7. The summed E-state index contributed by atoms with van der Waals surface area (Å²) >= 11 is 0. The fourth-order valence-corrected chi connectivity index (χ4v) is 3.34. The number of alkyl halides is 3. The number of benzene rings is 1. The molecule has 3 N–H and O–H groups in total. The van der Waals surface area contributed by atoms with Crippen molar-refractivity contribution in [3.8, 4) is 17.0 Å². The molecule has 14 heteroatoms. The fourth-order valence-electron chi connectivity index (χ4n) is 3.34. The minimum Gasteiger partial charge on any atom is -0.406 e. The van der Waals surface area contributed by atoms with Crippen LogP contribution in [0.3, 0.4) is 0 Å². The largest absolute Gasteiger partial charge is 0.573 e. The van der Waals surface area contributed by atoms with Gasteiger partial charge in [-0.3, -0.25) is 14.6 Å². The highest BCUT2D eigenvalue weighted by molar-refractivity contribution is 5.96. The third-order valence-electron chi connectivity index (χ3n) is 5.05. The van der Waals surface area contributed by atoms with E-state index >= 15 is 0 Å². The van der Waals surface area contributed by atoms with Crippen LogP contribution in [-0.4, -0.2) is 49.5 Å². The van der Waals surface area contributed by atoms with Crippen molar-refractivity contribution in [2.45, 2.75) is 19.8 Å². The number of aliphatic hydroxyl groups excluding tert-OH is 1. The predicted molar refractivity (Wildman–Crippen MR) is 121 cm³/mol. The van der Waals surface area contributed by atoms with Gasteiger partial charge in [0.05, 0.1) is 23.1 Å². The molecular formula is C23H18F4N6O4. The Bertz CT molecular complexity index is 1490. The molecule has 1 aromatic carbocycles. The Hall–Kier alpha value is -4.59. The second kappa shape index (κ2) is 10.2. The van der Waals surface area contributed by atoms with Crippen LogP contribution in [-0.2, 0) is 11.3 Å². The Labute approximate surface area is 205 Å². The third kappa shape index (κ3) is 6.16. The molecule has 0 radical (unpaired) electrons. The van der Waals surface area contributed by atoms with Gasteiger partial charge in [0.2, 0.25) is 0 Å². The van der Waals surface area contributed by atoms with Gasteiger partial charge in [0.25, 0.3) is 11.8 Å². The Morgan fingerprint density at radius 3 is 2.68 bits per heavy atom. The lowest BCUT2D eigenvalue weighted by Gasteiger charge is -2.12. The average Bonchev–Trinajstić information content (AvgIpc) is 3.24. The number of carbonyl (C=O) groups is 2. The number of hydrogen-bond acceptors (Lipinski definition) is 7. The maximum atomic E-state index is 14.1. The first-order chi connectivity index (χ1) is 17.5. The van der Waals surface area contributed by atoms with Crippen molar-refractivity contribution < 1.29 is 37.0 Å². The molecule has 0 saturated heterocycles. The Kier molecular flexibility index (Phi) is 7.02. The zero-order valence-electron chi connectivity index (χ0n) is 19.0. The van der Waals surface area contributed by atoms with Crippen LogP contribution in [0.1, 0.15) is 21.6 Å². The highest BCUT2D eigenvalue weighted by atomic mass is 19.4. The molecule has 0 aliphatic heterocycles. The van der Waals surface area contributed by atoms with Crippen LogP contribution < -0.4 is 15.4 Å². The molecule has 0 aliphatic carbocycles. The highest BCUT2D eigenvalue weighted by Gasteiger charge is 2.31. The number of amides is 2. The Morgan fingerprint density at radius 2 is 1.95 bits per heavy atom. The number of aliphatic hydroxyl groups is 1. The topological polar surface area (TPSA) is 131 Å². The summed E-state index contributed by atoms with van der Waals surface area (Å²) in [6.45, 7) is 0.483. The van der Waals surface area contributed by atoms with Crippen LogP contribution in [0.15, 0.2) is 48.8 Å². The van der Waals surface area contributed by atoms with E-state index in [1.807, 2.05) is 0 Å². The first kappa shape index (κ1) is 25.5.